The molecule has 4 aromatic rings. The Kier molecular flexibility index (Phi) is 3.35. The normalized spacial score (nSPS) is 11.3. The van der Waals surface area contributed by atoms with Gasteiger partial charge < -0.3 is 5.11 Å². The SMILES string of the molecule is Cc1cccc(C)c1-n1c(=O)c2ccc(F)cc2c2ccc(O)cc21. The van der Waals surface area contributed by atoms with Gasteiger partial charge in [0.25, 0.3) is 5.56 Å². The van der Waals surface area contributed by atoms with E-state index in [4.69, 9.17) is 0 Å². The van der Waals surface area contributed by atoms with Crippen LogP contribution in [0.1, 0.15) is 11.1 Å². The van der Waals surface area contributed by atoms with Crippen molar-refractivity contribution in [2.24, 2.45) is 0 Å². The van der Waals surface area contributed by atoms with Crippen molar-refractivity contribution in [2.75, 3.05) is 0 Å². The summed E-state index contributed by atoms with van der Waals surface area (Å²) in [4.78, 5) is 13.2. The molecule has 0 amide bonds. The number of aromatic hydroxyl groups is 1. The van der Waals surface area contributed by atoms with Gasteiger partial charge in [-0.2, -0.15) is 0 Å². The molecule has 1 aromatic heterocycles. The number of hydrogen-bond acceptors (Lipinski definition) is 2. The quantitative estimate of drug-likeness (QED) is 0.517. The maximum atomic E-state index is 13.8. The molecule has 0 bridgehead atoms. The molecule has 0 fully saturated rings. The second-order valence-electron chi connectivity index (χ2n) is 6.27. The number of fused-ring (bicyclic) bond motifs is 3. The molecule has 4 rings (SSSR count). The third kappa shape index (κ3) is 2.30. The van der Waals surface area contributed by atoms with Gasteiger partial charge in [0.15, 0.2) is 0 Å². The minimum absolute atomic E-state index is 0.0580. The zero-order valence-electron chi connectivity index (χ0n) is 13.9. The molecule has 0 saturated carbocycles. The van der Waals surface area contributed by atoms with E-state index >= 15 is 0 Å². The van der Waals surface area contributed by atoms with Gasteiger partial charge >= 0.3 is 0 Å². The molecule has 0 aliphatic carbocycles. The molecule has 0 radical (unpaired) electrons. The molecule has 4 heteroatoms. The maximum Gasteiger partial charge on any atom is 0.263 e. The third-order valence-corrected chi connectivity index (χ3v) is 4.59. The maximum absolute atomic E-state index is 13.8. The molecule has 124 valence electrons. The summed E-state index contributed by atoms with van der Waals surface area (Å²) < 4.78 is 15.4. The van der Waals surface area contributed by atoms with Crippen LogP contribution in [0.25, 0.3) is 27.4 Å². The van der Waals surface area contributed by atoms with Crippen LogP contribution in [0.15, 0.2) is 59.4 Å². The number of aromatic nitrogens is 1. The molecule has 0 spiro atoms. The van der Waals surface area contributed by atoms with Crippen molar-refractivity contribution in [3.8, 4) is 11.4 Å². The summed E-state index contributed by atoms with van der Waals surface area (Å²) in [5, 5.41) is 11.7. The van der Waals surface area contributed by atoms with Gasteiger partial charge in [0.1, 0.15) is 11.6 Å². The summed E-state index contributed by atoms with van der Waals surface area (Å²) in [7, 11) is 0. The van der Waals surface area contributed by atoms with E-state index < -0.39 is 5.82 Å². The van der Waals surface area contributed by atoms with Crippen LogP contribution in [-0.4, -0.2) is 9.67 Å². The van der Waals surface area contributed by atoms with Crippen LogP contribution in [0.5, 0.6) is 5.75 Å². The summed E-state index contributed by atoms with van der Waals surface area (Å²) in [5.41, 5.74) is 3.02. The summed E-state index contributed by atoms with van der Waals surface area (Å²) >= 11 is 0. The number of aryl methyl sites for hydroxylation is 2. The molecule has 0 saturated heterocycles. The van der Waals surface area contributed by atoms with Gasteiger partial charge in [-0.3, -0.25) is 9.36 Å². The van der Waals surface area contributed by atoms with Gasteiger partial charge in [-0.15, -0.1) is 0 Å². The number of nitrogens with zero attached hydrogens (tertiary/aromatic N) is 1. The van der Waals surface area contributed by atoms with E-state index in [1.54, 1.807) is 22.8 Å². The number of phenolic OH excluding ortho intramolecular Hbond substituents is 1. The molecular formula is C21H16FNO2. The Morgan fingerprint density at radius 2 is 1.56 bits per heavy atom. The highest BCUT2D eigenvalue weighted by Gasteiger charge is 2.16. The predicted octanol–water partition coefficient (Wildman–Crippen LogP) is 4.61. The van der Waals surface area contributed by atoms with Crippen LogP contribution >= 0.6 is 0 Å². The summed E-state index contributed by atoms with van der Waals surface area (Å²) in [6.45, 7) is 3.89. The highest BCUT2D eigenvalue weighted by molar-refractivity contribution is 6.06. The number of pyridine rings is 1. The Morgan fingerprint density at radius 3 is 2.28 bits per heavy atom. The third-order valence-electron chi connectivity index (χ3n) is 4.59. The van der Waals surface area contributed by atoms with Crippen molar-refractivity contribution in [2.45, 2.75) is 13.8 Å². The predicted molar refractivity (Wildman–Crippen MR) is 98.1 cm³/mol. The fourth-order valence-electron chi connectivity index (χ4n) is 3.47. The molecule has 25 heavy (non-hydrogen) atoms. The molecule has 1 heterocycles. The van der Waals surface area contributed by atoms with Crippen molar-refractivity contribution in [1.82, 2.24) is 4.57 Å². The van der Waals surface area contributed by atoms with E-state index in [2.05, 4.69) is 0 Å². The van der Waals surface area contributed by atoms with Gasteiger partial charge in [0.2, 0.25) is 0 Å². The van der Waals surface area contributed by atoms with Gasteiger partial charge in [-0.1, -0.05) is 18.2 Å². The second kappa shape index (κ2) is 5.45. The van der Waals surface area contributed by atoms with E-state index in [1.165, 1.54) is 18.2 Å². The first kappa shape index (κ1) is 15.4. The Morgan fingerprint density at radius 1 is 0.880 bits per heavy atom. The van der Waals surface area contributed by atoms with Crippen LogP contribution in [0.4, 0.5) is 4.39 Å². The van der Waals surface area contributed by atoms with E-state index in [0.717, 1.165) is 22.2 Å². The van der Waals surface area contributed by atoms with Crippen molar-refractivity contribution in [3.63, 3.8) is 0 Å². The van der Waals surface area contributed by atoms with Gasteiger partial charge in [-0.05, 0) is 60.7 Å². The molecule has 0 aliphatic rings. The summed E-state index contributed by atoms with van der Waals surface area (Å²) in [6.07, 6.45) is 0. The Hall–Kier alpha value is -3.14. The van der Waals surface area contributed by atoms with Crippen molar-refractivity contribution in [3.05, 3.63) is 81.9 Å². The van der Waals surface area contributed by atoms with Crippen molar-refractivity contribution >= 4 is 21.7 Å². The number of benzene rings is 3. The van der Waals surface area contributed by atoms with Crippen LogP contribution in [0.2, 0.25) is 0 Å². The highest BCUT2D eigenvalue weighted by atomic mass is 19.1. The van der Waals surface area contributed by atoms with E-state index in [1.807, 2.05) is 32.0 Å². The fraction of sp³-hybridized carbons (Fsp3) is 0.0952. The Bertz CT molecular complexity index is 1190. The minimum Gasteiger partial charge on any atom is -0.508 e. The smallest absolute Gasteiger partial charge is 0.263 e. The first-order valence-corrected chi connectivity index (χ1v) is 8.01. The number of rotatable bonds is 1. The van der Waals surface area contributed by atoms with Crippen LogP contribution in [-0.2, 0) is 0 Å². The number of halogens is 1. The zero-order chi connectivity index (χ0) is 17.7. The molecular weight excluding hydrogens is 317 g/mol. The second-order valence-corrected chi connectivity index (χ2v) is 6.27. The van der Waals surface area contributed by atoms with E-state index in [9.17, 15) is 14.3 Å². The van der Waals surface area contributed by atoms with Crippen LogP contribution in [0.3, 0.4) is 0 Å². The average Bonchev–Trinajstić information content (AvgIpc) is 2.57. The Balaban J connectivity index is 2.31. The van der Waals surface area contributed by atoms with Gasteiger partial charge in [0, 0.05) is 16.8 Å². The first-order valence-electron chi connectivity index (χ1n) is 8.01. The molecule has 3 nitrogen and oxygen atoms in total. The van der Waals surface area contributed by atoms with Crippen molar-refractivity contribution < 1.29 is 9.50 Å². The molecule has 0 atom stereocenters. The minimum atomic E-state index is -0.397. The fourth-order valence-corrected chi connectivity index (χ4v) is 3.47. The lowest BCUT2D eigenvalue weighted by atomic mass is 10.0. The van der Waals surface area contributed by atoms with Crippen LogP contribution < -0.4 is 5.56 Å². The zero-order valence-corrected chi connectivity index (χ0v) is 13.9. The topological polar surface area (TPSA) is 42.2 Å². The van der Waals surface area contributed by atoms with Crippen LogP contribution in [0, 0.1) is 19.7 Å². The summed E-state index contributed by atoms with van der Waals surface area (Å²) in [6, 6.07) is 14.8. The largest absolute Gasteiger partial charge is 0.508 e. The van der Waals surface area contributed by atoms with E-state index in [-0.39, 0.29) is 11.3 Å². The molecule has 0 unspecified atom stereocenters. The molecule has 3 aromatic carbocycles. The lowest BCUT2D eigenvalue weighted by Gasteiger charge is -2.17. The monoisotopic (exact) mass is 333 g/mol. The standard InChI is InChI=1S/C21H16FNO2/c1-12-4-3-5-13(2)20(12)23-19-11-15(24)7-9-16(19)18-10-14(22)6-8-17(18)21(23)25/h3-11,24H,1-2H3. The first-order chi connectivity index (χ1) is 12.0. The highest BCUT2D eigenvalue weighted by Crippen LogP contribution is 2.30. The number of phenols is 1. The summed E-state index contributed by atoms with van der Waals surface area (Å²) in [5.74, 6) is -0.339. The lowest BCUT2D eigenvalue weighted by molar-refractivity contribution is 0.476. The number of hydrogen-bond donors (Lipinski definition) is 1. The molecule has 0 aliphatic heterocycles. The van der Waals surface area contributed by atoms with Crippen molar-refractivity contribution in [1.29, 1.82) is 0 Å². The lowest BCUT2D eigenvalue weighted by Crippen LogP contribution is -2.21. The Labute approximate surface area is 143 Å². The molecule has 1 N–H and O–H groups in total. The number of para-hydroxylation sites is 1. The van der Waals surface area contributed by atoms with Gasteiger partial charge in [-0.25, -0.2) is 4.39 Å². The average molecular weight is 333 g/mol. The van der Waals surface area contributed by atoms with E-state index in [0.29, 0.717) is 16.3 Å². The van der Waals surface area contributed by atoms with Gasteiger partial charge in [0.05, 0.1) is 11.2 Å².